The fourth-order valence-electron chi connectivity index (χ4n) is 3.54. The molecule has 2 aromatic carbocycles. The SMILES string of the molecule is COc1ccccc1C1CCCN1C(=O)CCc1ccc(C(=O)O)cc1. The molecule has 0 bridgehead atoms. The summed E-state index contributed by atoms with van der Waals surface area (Å²) in [4.78, 5) is 25.6. The number of hydrogen-bond acceptors (Lipinski definition) is 3. The van der Waals surface area contributed by atoms with Gasteiger partial charge in [0.15, 0.2) is 0 Å². The number of likely N-dealkylation sites (tertiary alicyclic amines) is 1. The maximum Gasteiger partial charge on any atom is 0.335 e. The molecule has 1 aliphatic heterocycles. The average Bonchev–Trinajstić information content (AvgIpc) is 3.16. The predicted molar refractivity (Wildman–Crippen MR) is 98.4 cm³/mol. The molecule has 136 valence electrons. The van der Waals surface area contributed by atoms with E-state index in [0.717, 1.165) is 36.3 Å². The lowest BCUT2D eigenvalue weighted by Crippen LogP contribution is -2.30. The molecule has 1 fully saturated rings. The highest BCUT2D eigenvalue weighted by Crippen LogP contribution is 2.37. The minimum atomic E-state index is -0.940. The number of aryl methyl sites for hydroxylation is 1. The van der Waals surface area contributed by atoms with Crippen LogP contribution in [0.3, 0.4) is 0 Å². The van der Waals surface area contributed by atoms with Gasteiger partial charge >= 0.3 is 5.97 Å². The van der Waals surface area contributed by atoms with Crippen molar-refractivity contribution in [3.63, 3.8) is 0 Å². The fraction of sp³-hybridized carbons (Fsp3) is 0.333. The lowest BCUT2D eigenvalue weighted by atomic mass is 10.0. The van der Waals surface area contributed by atoms with Crippen LogP contribution in [0.1, 0.15) is 46.8 Å². The molecule has 1 atom stereocenters. The summed E-state index contributed by atoms with van der Waals surface area (Å²) >= 11 is 0. The Morgan fingerprint density at radius 2 is 1.88 bits per heavy atom. The van der Waals surface area contributed by atoms with Gasteiger partial charge in [0.05, 0.1) is 18.7 Å². The van der Waals surface area contributed by atoms with Gasteiger partial charge in [-0.05, 0) is 43.0 Å². The van der Waals surface area contributed by atoms with Crippen LogP contribution in [0.2, 0.25) is 0 Å². The number of aromatic carboxylic acids is 1. The summed E-state index contributed by atoms with van der Waals surface area (Å²) < 4.78 is 5.46. The second kappa shape index (κ2) is 8.04. The van der Waals surface area contributed by atoms with Crippen molar-refractivity contribution in [2.45, 2.75) is 31.7 Å². The number of benzene rings is 2. The molecule has 5 heteroatoms. The summed E-state index contributed by atoms with van der Waals surface area (Å²) in [7, 11) is 1.65. The van der Waals surface area contributed by atoms with Gasteiger partial charge in [-0.15, -0.1) is 0 Å². The van der Waals surface area contributed by atoms with Gasteiger partial charge in [0.2, 0.25) is 5.91 Å². The van der Waals surface area contributed by atoms with Gasteiger partial charge < -0.3 is 14.7 Å². The van der Waals surface area contributed by atoms with E-state index < -0.39 is 5.97 Å². The van der Waals surface area contributed by atoms with Crippen molar-refractivity contribution < 1.29 is 19.4 Å². The first-order valence-electron chi connectivity index (χ1n) is 8.85. The number of methoxy groups -OCH3 is 1. The molecule has 26 heavy (non-hydrogen) atoms. The van der Waals surface area contributed by atoms with Crippen LogP contribution in [-0.2, 0) is 11.2 Å². The Morgan fingerprint density at radius 3 is 2.58 bits per heavy atom. The van der Waals surface area contributed by atoms with E-state index in [1.54, 1.807) is 31.4 Å². The number of nitrogens with zero attached hydrogens (tertiary/aromatic N) is 1. The van der Waals surface area contributed by atoms with E-state index in [9.17, 15) is 9.59 Å². The molecule has 1 amide bonds. The maximum atomic E-state index is 12.8. The average molecular weight is 353 g/mol. The normalized spacial score (nSPS) is 16.5. The number of amides is 1. The Hall–Kier alpha value is -2.82. The standard InChI is InChI=1S/C21H23NO4/c1-26-19-7-3-2-5-17(19)18-6-4-14-22(18)20(23)13-10-15-8-11-16(12-9-15)21(24)25/h2-3,5,7-9,11-12,18H,4,6,10,13-14H2,1H3,(H,24,25). The molecule has 1 heterocycles. The molecular weight excluding hydrogens is 330 g/mol. The van der Waals surface area contributed by atoms with Gasteiger partial charge in [-0.1, -0.05) is 30.3 Å². The summed E-state index contributed by atoms with van der Waals surface area (Å²) in [5.41, 5.74) is 2.29. The Labute approximate surface area is 153 Å². The monoisotopic (exact) mass is 353 g/mol. The van der Waals surface area contributed by atoms with Crippen molar-refractivity contribution in [3.05, 3.63) is 65.2 Å². The van der Waals surface area contributed by atoms with Gasteiger partial charge in [0.25, 0.3) is 0 Å². The number of ether oxygens (including phenoxy) is 1. The third-order valence-corrected chi connectivity index (χ3v) is 4.90. The van der Waals surface area contributed by atoms with Crippen LogP contribution in [0.4, 0.5) is 0 Å². The molecule has 0 spiro atoms. The largest absolute Gasteiger partial charge is 0.496 e. The highest BCUT2D eigenvalue weighted by molar-refractivity contribution is 5.87. The first kappa shape index (κ1) is 18.0. The Kier molecular flexibility index (Phi) is 5.56. The van der Waals surface area contributed by atoms with E-state index in [0.29, 0.717) is 12.8 Å². The molecule has 1 aliphatic rings. The second-order valence-corrected chi connectivity index (χ2v) is 6.49. The number of carboxylic acid groups (broad SMARTS) is 1. The van der Waals surface area contributed by atoms with E-state index in [1.165, 1.54) is 0 Å². The topological polar surface area (TPSA) is 66.8 Å². The number of para-hydroxylation sites is 1. The molecule has 0 saturated carbocycles. The van der Waals surface area contributed by atoms with E-state index in [4.69, 9.17) is 9.84 Å². The molecule has 1 unspecified atom stereocenters. The van der Waals surface area contributed by atoms with Crippen molar-refractivity contribution in [2.24, 2.45) is 0 Å². The van der Waals surface area contributed by atoms with E-state index in [-0.39, 0.29) is 17.5 Å². The minimum absolute atomic E-state index is 0.0630. The third kappa shape index (κ3) is 3.87. The zero-order valence-electron chi connectivity index (χ0n) is 14.9. The van der Waals surface area contributed by atoms with Crippen LogP contribution >= 0.6 is 0 Å². The molecule has 3 rings (SSSR count). The molecule has 1 N–H and O–H groups in total. The number of carbonyl (C=O) groups excluding carboxylic acids is 1. The molecule has 0 aliphatic carbocycles. The number of carboxylic acids is 1. The lowest BCUT2D eigenvalue weighted by Gasteiger charge is -2.26. The van der Waals surface area contributed by atoms with E-state index in [2.05, 4.69) is 0 Å². The maximum absolute atomic E-state index is 12.8. The molecular formula is C21H23NO4. The molecule has 0 aromatic heterocycles. The predicted octanol–water partition coefficient (Wildman–Crippen LogP) is 3.69. The zero-order chi connectivity index (χ0) is 18.5. The molecule has 0 radical (unpaired) electrons. The second-order valence-electron chi connectivity index (χ2n) is 6.49. The highest BCUT2D eigenvalue weighted by Gasteiger charge is 2.31. The summed E-state index contributed by atoms with van der Waals surface area (Å²) in [6.45, 7) is 0.763. The van der Waals surface area contributed by atoms with Crippen molar-refractivity contribution >= 4 is 11.9 Å². The van der Waals surface area contributed by atoms with Crippen LogP contribution in [-0.4, -0.2) is 35.5 Å². The van der Waals surface area contributed by atoms with Gasteiger partial charge in [0.1, 0.15) is 5.75 Å². The number of hydrogen-bond donors (Lipinski definition) is 1. The van der Waals surface area contributed by atoms with E-state index in [1.807, 2.05) is 29.2 Å². The first-order valence-corrected chi connectivity index (χ1v) is 8.85. The highest BCUT2D eigenvalue weighted by atomic mass is 16.5. The Morgan fingerprint density at radius 1 is 1.15 bits per heavy atom. The fourth-order valence-corrected chi connectivity index (χ4v) is 3.54. The zero-order valence-corrected chi connectivity index (χ0v) is 14.9. The first-order chi connectivity index (χ1) is 12.6. The molecule has 2 aromatic rings. The molecule has 1 saturated heterocycles. The third-order valence-electron chi connectivity index (χ3n) is 4.90. The summed E-state index contributed by atoms with van der Waals surface area (Å²) in [5, 5.41) is 8.95. The lowest BCUT2D eigenvalue weighted by molar-refractivity contribution is -0.132. The number of rotatable bonds is 6. The summed E-state index contributed by atoms with van der Waals surface area (Å²) in [5.74, 6) is 0.00604. The van der Waals surface area contributed by atoms with Crippen molar-refractivity contribution in [2.75, 3.05) is 13.7 Å². The van der Waals surface area contributed by atoms with Crippen molar-refractivity contribution in [1.29, 1.82) is 0 Å². The smallest absolute Gasteiger partial charge is 0.335 e. The van der Waals surface area contributed by atoms with Crippen LogP contribution in [0.25, 0.3) is 0 Å². The van der Waals surface area contributed by atoms with Gasteiger partial charge in [-0.3, -0.25) is 4.79 Å². The van der Waals surface area contributed by atoms with Crippen LogP contribution in [0.5, 0.6) is 5.75 Å². The summed E-state index contributed by atoms with van der Waals surface area (Å²) in [6.07, 6.45) is 2.95. The Bertz CT molecular complexity index is 785. The van der Waals surface area contributed by atoms with Gasteiger partial charge in [-0.2, -0.15) is 0 Å². The van der Waals surface area contributed by atoms with Crippen molar-refractivity contribution in [1.82, 2.24) is 4.90 Å². The number of carbonyl (C=O) groups is 2. The van der Waals surface area contributed by atoms with Crippen LogP contribution in [0.15, 0.2) is 48.5 Å². The Balaban J connectivity index is 1.66. The quantitative estimate of drug-likeness (QED) is 0.860. The van der Waals surface area contributed by atoms with E-state index >= 15 is 0 Å². The van der Waals surface area contributed by atoms with Crippen LogP contribution in [0, 0.1) is 0 Å². The molecule has 5 nitrogen and oxygen atoms in total. The van der Waals surface area contributed by atoms with Gasteiger partial charge in [0, 0.05) is 18.5 Å². The minimum Gasteiger partial charge on any atom is -0.496 e. The van der Waals surface area contributed by atoms with Crippen molar-refractivity contribution in [3.8, 4) is 5.75 Å². The summed E-state index contributed by atoms with van der Waals surface area (Å²) in [6, 6.07) is 14.6. The van der Waals surface area contributed by atoms with Gasteiger partial charge in [-0.25, -0.2) is 4.79 Å². The van der Waals surface area contributed by atoms with Crippen LogP contribution < -0.4 is 4.74 Å².